The second-order valence-electron chi connectivity index (χ2n) is 6.38. The van der Waals surface area contributed by atoms with Gasteiger partial charge in [-0.15, -0.1) is 0 Å². The van der Waals surface area contributed by atoms with Crippen LogP contribution in [0.25, 0.3) is 0 Å². The highest BCUT2D eigenvalue weighted by molar-refractivity contribution is 9.10. The van der Waals surface area contributed by atoms with Gasteiger partial charge in [0.2, 0.25) is 0 Å². The van der Waals surface area contributed by atoms with Crippen molar-refractivity contribution in [2.75, 3.05) is 31.7 Å². The second-order valence-corrected chi connectivity index (χ2v) is 7.23. The lowest BCUT2D eigenvalue weighted by Gasteiger charge is -2.12. The summed E-state index contributed by atoms with van der Waals surface area (Å²) in [6.45, 7) is 8.41. The predicted molar refractivity (Wildman–Crippen MR) is 111 cm³/mol. The van der Waals surface area contributed by atoms with Crippen LogP contribution >= 0.6 is 15.9 Å². The molecule has 2 aromatic carbocycles. The number of halogens is 1. The second kappa shape index (κ2) is 10.9. The van der Waals surface area contributed by atoms with Gasteiger partial charge in [0.25, 0.3) is 5.91 Å². The molecule has 0 aliphatic heterocycles. The average Bonchev–Trinajstić information content (AvgIpc) is 2.64. The molecular weight excluding hydrogens is 410 g/mol. The number of anilines is 1. The Kier molecular flexibility index (Phi) is 8.61. The monoisotopic (exact) mass is 435 g/mol. The predicted octanol–water partition coefficient (Wildman–Crippen LogP) is 5.15. The van der Waals surface area contributed by atoms with Crippen LogP contribution in [-0.2, 0) is 4.74 Å². The first kappa shape index (κ1) is 21.3. The Balaban J connectivity index is 1.97. The fourth-order valence-corrected chi connectivity index (χ4v) is 2.74. The highest BCUT2D eigenvalue weighted by Crippen LogP contribution is 2.27. The Morgan fingerprint density at radius 3 is 2.63 bits per heavy atom. The molecule has 0 radical (unpaired) electrons. The molecule has 2 aromatic rings. The topological polar surface area (TPSA) is 56.8 Å². The lowest BCUT2D eigenvalue weighted by atomic mass is 10.2. The molecule has 0 atom stereocenters. The number of nitrogens with one attached hydrogen (secondary N) is 1. The number of rotatable bonds is 10. The minimum Gasteiger partial charge on any atom is -0.492 e. The zero-order chi connectivity index (χ0) is 19.6. The van der Waals surface area contributed by atoms with Gasteiger partial charge < -0.3 is 19.5 Å². The zero-order valence-electron chi connectivity index (χ0n) is 16.0. The molecule has 0 saturated heterocycles. The SMILES string of the molecule is CCOCCOc1cccc(NC(=O)c2ccc(OCC(C)C)c(Br)c2)c1. The smallest absolute Gasteiger partial charge is 0.255 e. The highest BCUT2D eigenvalue weighted by atomic mass is 79.9. The summed E-state index contributed by atoms with van der Waals surface area (Å²) < 4.78 is 17.3. The third kappa shape index (κ3) is 7.23. The van der Waals surface area contributed by atoms with E-state index in [1.807, 2.05) is 25.1 Å². The van der Waals surface area contributed by atoms with Crippen molar-refractivity contribution in [2.24, 2.45) is 5.92 Å². The molecule has 0 heterocycles. The average molecular weight is 436 g/mol. The summed E-state index contributed by atoms with van der Waals surface area (Å²) in [7, 11) is 0. The summed E-state index contributed by atoms with van der Waals surface area (Å²) in [5, 5.41) is 2.89. The summed E-state index contributed by atoms with van der Waals surface area (Å²) in [4.78, 5) is 12.5. The number of ether oxygens (including phenoxy) is 3. The Bertz CT molecular complexity index is 749. The Morgan fingerprint density at radius 1 is 1.11 bits per heavy atom. The summed E-state index contributed by atoms with van der Waals surface area (Å²) in [6, 6.07) is 12.6. The van der Waals surface area contributed by atoms with Gasteiger partial charge in [0, 0.05) is 23.9 Å². The summed E-state index contributed by atoms with van der Waals surface area (Å²) in [5.74, 6) is 1.65. The van der Waals surface area contributed by atoms with Crippen LogP contribution in [-0.4, -0.2) is 32.3 Å². The minimum absolute atomic E-state index is 0.197. The van der Waals surface area contributed by atoms with Crippen molar-refractivity contribution in [3.05, 3.63) is 52.5 Å². The molecule has 0 aromatic heterocycles. The summed E-state index contributed by atoms with van der Waals surface area (Å²) in [5.41, 5.74) is 1.21. The molecule has 6 heteroatoms. The van der Waals surface area contributed by atoms with E-state index in [0.29, 0.717) is 49.3 Å². The van der Waals surface area contributed by atoms with Gasteiger partial charge in [-0.25, -0.2) is 0 Å². The van der Waals surface area contributed by atoms with E-state index in [0.717, 1.165) is 10.2 Å². The minimum atomic E-state index is -0.197. The fourth-order valence-electron chi connectivity index (χ4n) is 2.25. The molecule has 1 N–H and O–H groups in total. The normalized spacial score (nSPS) is 10.7. The first-order chi connectivity index (χ1) is 13.0. The van der Waals surface area contributed by atoms with Crippen molar-refractivity contribution in [3.8, 4) is 11.5 Å². The largest absolute Gasteiger partial charge is 0.492 e. The number of carbonyl (C=O) groups excluding carboxylic acids is 1. The van der Waals surface area contributed by atoms with Crippen LogP contribution in [0, 0.1) is 5.92 Å². The maximum atomic E-state index is 12.5. The van der Waals surface area contributed by atoms with Crippen molar-refractivity contribution in [2.45, 2.75) is 20.8 Å². The quantitative estimate of drug-likeness (QED) is 0.524. The van der Waals surface area contributed by atoms with Crippen LogP contribution in [0.15, 0.2) is 46.9 Å². The van der Waals surface area contributed by atoms with Gasteiger partial charge >= 0.3 is 0 Å². The van der Waals surface area contributed by atoms with E-state index >= 15 is 0 Å². The number of benzene rings is 2. The van der Waals surface area contributed by atoms with E-state index in [4.69, 9.17) is 14.2 Å². The summed E-state index contributed by atoms with van der Waals surface area (Å²) >= 11 is 3.47. The molecule has 27 heavy (non-hydrogen) atoms. The van der Waals surface area contributed by atoms with Gasteiger partial charge in [-0.1, -0.05) is 19.9 Å². The van der Waals surface area contributed by atoms with Crippen LogP contribution in [0.3, 0.4) is 0 Å². The third-order valence-corrected chi connectivity index (χ3v) is 4.18. The standard InChI is InChI=1S/C21H26BrNO4/c1-4-25-10-11-26-18-7-5-6-17(13-18)23-21(24)16-8-9-20(19(22)12-16)27-14-15(2)3/h5-9,12-13,15H,4,10-11,14H2,1-3H3,(H,23,24). The van der Waals surface area contributed by atoms with Gasteiger partial charge in [-0.05, 0) is 59.1 Å². The number of amides is 1. The van der Waals surface area contributed by atoms with Gasteiger partial charge in [-0.2, -0.15) is 0 Å². The molecule has 2 rings (SSSR count). The molecule has 0 fully saturated rings. The van der Waals surface area contributed by atoms with Crippen molar-refractivity contribution in [3.63, 3.8) is 0 Å². The van der Waals surface area contributed by atoms with Gasteiger partial charge in [0.05, 0.1) is 17.7 Å². The molecule has 146 valence electrons. The van der Waals surface area contributed by atoms with Crippen LogP contribution in [0.2, 0.25) is 0 Å². The summed E-state index contributed by atoms with van der Waals surface area (Å²) in [6.07, 6.45) is 0. The Labute approximate surface area is 169 Å². The molecule has 5 nitrogen and oxygen atoms in total. The maximum absolute atomic E-state index is 12.5. The molecule has 0 unspecified atom stereocenters. The third-order valence-electron chi connectivity index (χ3n) is 3.56. The molecule has 1 amide bonds. The highest BCUT2D eigenvalue weighted by Gasteiger charge is 2.10. The Hall–Kier alpha value is -2.05. The van der Waals surface area contributed by atoms with Crippen molar-refractivity contribution in [1.29, 1.82) is 0 Å². The molecule has 0 aliphatic rings. The first-order valence-electron chi connectivity index (χ1n) is 9.04. The lowest BCUT2D eigenvalue weighted by Crippen LogP contribution is -2.12. The van der Waals surface area contributed by atoms with Crippen molar-refractivity contribution >= 4 is 27.5 Å². The van der Waals surface area contributed by atoms with E-state index < -0.39 is 0 Å². The molecule has 0 spiro atoms. The van der Waals surface area contributed by atoms with Crippen LogP contribution in [0.4, 0.5) is 5.69 Å². The molecular formula is C21H26BrNO4. The van der Waals surface area contributed by atoms with Crippen molar-refractivity contribution in [1.82, 2.24) is 0 Å². The van der Waals surface area contributed by atoms with Gasteiger partial charge in [0.15, 0.2) is 0 Å². The van der Waals surface area contributed by atoms with Crippen LogP contribution < -0.4 is 14.8 Å². The van der Waals surface area contributed by atoms with E-state index in [-0.39, 0.29) is 5.91 Å². The molecule has 0 saturated carbocycles. The Morgan fingerprint density at radius 2 is 1.93 bits per heavy atom. The molecule has 0 aliphatic carbocycles. The van der Waals surface area contributed by atoms with Crippen molar-refractivity contribution < 1.29 is 19.0 Å². The van der Waals surface area contributed by atoms with Gasteiger partial charge in [0.1, 0.15) is 18.1 Å². The number of hydrogen-bond donors (Lipinski definition) is 1. The van der Waals surface area contributed by atoms with Crippen LogP contribution in [0.5, 0.6) is 11.5 Å². The first-order valence-corrected chi connectivity index (χ1v) is 9.83. The molecule has 0 bridgehead atoms. The van der Waals surface area contributed by atoms with E-state index in [1.54, 1.807) is 24.3 Å². The van der Waals surface area contributed by atoms with Gasteiger partial charge in [-0.3, -0.25) is 4.79 Å². The fraction of sp³-hybridized carbons (Fsp3) is 0.381. The number of carbonyl (C=O) groups is 1. The van der Waals surface area contributed by atoms with Crippen LogP contribution in [0.1, 0.15) is 31.1 Å². The maximum Gasteiger partial charge on any atom is 0.255 e. The van der Waals surface area contributed by atoms with E-state index in [2.05, 4.69) is 35.1 Å². The van der Waals surface area contributed by atoms with E-state index in [9.17, 15) is 4.79 Å². The number of hydrogen-bond acceptors (Lipinski definition) is 4. The zero-order valence-corrected chi connectivity index (χ0v) is 17.5. The van der Waals surface area contributed by atoms with E-state index in [1.165, 1.54) is 0 Å². The lowest BCUT2D eigenvalue weighted by molar-refractivity contribution is 0.102.